The monoisotopic (exact) mass is 462 g/mol. The van der Waals surface area contributed by atoms with Crippen molar-refractivity contribution in [2.45, 2.75) is 13.5 Å². The number of nitrogens with one attached hydrogen (secondary N) is 2. The number of phenols is 1. The van der Waals surface area contributed by atoms with Gasteiger partial charge in [-0.2, -0.15) is 5.26 Å². The molecule has 0 fully saturated rings. The molecular weight excluding hydrogens is 444 g/mol. The Bertz CT molecular complexity index is 1380. The molecule has 1 amide bonds. The van der Waals surface area contributed by atoms with E-state index in [1.807, 2.05) is 0 Å². The van der Waals surface area contributed by atoms with Crippen LogP contribution in [0.25, 0.3) is 10.9 Å². The average molecular weight is 462 g/mol. The van der Waals surface area contributed by atoms with Crippen molar-refractivity contribution in [1.82, 2.24) is 15.2 Å². The van der Waals surface area contributed by atoms with Crippen LogP contribution in [0.1, 0.15) is 29.4 Å². The number of benzene rings is 2. The first-order valence-electron chi connectivity index (χ1n) is 9.39. The molecule has 0 bridgehead atoms. The molecule has 33 heavy (non-hydrogen) atoms. The van der Waals surface area contributed by atoms with E-state index in [0.29, 0.717) is 27.7 Å². The Hall–Kier alpha value is -4.43. The molecule has 0 spiro atoms. The molecule has 2 aromatic carbocycles. The van der Waals surface area contributed by atoms with E-state index in [-0.39, 0.29) is 30.7 Å². The Morgan fingerprint density at radius 1 is 1.15 bits per heavy atom. The molecule has 1 aliphatic heterocycles. The maximum atomic E-state index is 12.6. The average Bonchev–Trinajstić information content (AvgIpc) is 3.46. The molecule has 1 atom stereocenters. The number of fused-ring (bicyclic) bond motifs is 2. The van der Waals surface area contributed by atoms with Crippen molar-refractivity contribution in [3.8, 4) is 23.3 Å². The summed E-state index contributed by atoms with van der Waals surface area (Å²) in [5.74, 6) is 0.430. The van der Waals surface area contributed by atoms with Gasteiger partial charge in [-0.05, 0) is 29.8 Å². The Morgan fingerprint density at radius 3 is 2.82 bits per heavy atom. The van der Waals surface area contributed by atoms with Crippen molar-refractivity contribution < 1.29 is 19.4 Å². The van der Waals surface area contributed by atoms with Crippen LogP contribution in [-0.4, -0.2) is 33.0 Å². The second-order valence-corrected chi connectivity index (χ2v) is 7.70. The predicted molar refractivity (Wildman–Crippen MR) is 123 cm³/mol. The third-order valence-corrected chi connectivity index (χ3v) is 5.53. The highest BCUT2D eigenvalue weighted by molar-refractivity contribution is 7.19. The zero-order valence-electron chi connectivity index (χ0n) is 16.3. The molecule has 5 rings (SSSR count). The van der Waals surface area contributed by atoms with Gasteiger partial charge in [0.25, 0.3) is 5.91 Å². The molecule has 11 heteroatoms. The van der Waals surface area contributed by atoms with Crippen molar-refractivity contribution in [3.05, 3.63) is 59.8 Å². The molecule has 0 aliphatic carbocycles. The molecule has 0 saturated carbocycles. The predicted octanol–water partition coefficient (Wildman–Crippen LogP) is 4.09. The zero-order chi connectivity index (χ0) is 22.1. The minimum absolute atomic E-state index is 0. The fraction of sp³-hybridized carbons (Fsp3) is 0.136. The van der Waals surface area contributed by atoms with E-state index in [4.69, 9.17) is 9.47 Å². The quantitative estimate of drug-likeness (QED) is 0.400. The van der Waals surface area contributed by atoms with E-state index in [0.717, 1.165) is 16.7 Å². The first kappa shape index (κ1) is 21.8. The van der Waals surface area contributed by atoms with Crippen LogP contribution < -0.4 is 20.1 Å². The lowest BCUT2D eigenvalue weighted by atomic mass is 10.1. The van der Waals surface area contributed by atoms with Gasteiger partial charge in [0, 0.05) is 11.6 Å². The van der Waals surface area contributed by atoms with Gasteiger partial charge in [-0.1, -0.05) is 37.0 Å². The number of carbonyl (C=O) groups excluding carboxylic acids is 1. The number of phenolic OH excluding ortho intramolecular Hbond substituents is 1. The maximum absolute atomic E-state index is 12.6. The highest BCUT2D eigenvalue weighted by Gasteiger charge is 2.20. The van der Waals surface area contributed by atoms with Crippen molar-refractivity contribution in [2.24, 2.45) is 0 Å². The minimum atomic E-state index is -0.711. The van der Waals surface area contributed by atoms with Gasteiger partial charge >= 0.3 is 0 Å². The smallest absolute Gasteiger partial charge is 0.261 e. The summed E-state index contributed by atoms with van der Waals surface area (Å²) in [5, 5.41) is 34.8. The van der Waals surface area contributed by atoms with Crippen LogP contribution in [0.2, 0.25) is 0 Å². The molecule has 1 unspecified atom stereocenters. The van der Waals surface area contributed by atoms with Crippen LogP contribution in [0, 0.1) is 11.3 Å². The number of aromatic nitrogens is 3. The second kappa shape index (κ2) is 8.97. The molecule has 1 aliphatic rings. The van der Waals surface area contributed by atoms with Crippen molar-refractivity contribution in [3.63, 3.8) is 0 Å². The lowest BCUT2D eigenvalue weighted by molar-refractivity contribution is 0.102. The standard InChI is InChI=1S/C21H14N6O4S.CH4/c22-9-14(12-4-6-15-16(8-12)31-10-30-15)24-20-26-27-21(32-20)25-19(29)13-5-3-11-2-1-7-23-17(11)18(13)28;/h1-8,14,28H,10H2,(H,24,26)(H,25,27,29);1H4. The van der Waals surface area contributed by atoms with E-state index < -0.39 is 11.9 Å². The lowest BCUT2D eigenvalue weighted by Gasteiger charge is -2.10. The number of ether oxygens (including phenoxy) is 2. The highest BCUT2D eigenvalue weighted by atomic mass is 32.1. The summed E-state index contributed by atoms with van der Waals surface area (Å²) in [5.41, 5.74) is 1.07. The molecule has 4 aromatic rings. The van der Waals surface area contributed by atoms with E-state index in [1.54, 1.807) is 36.4 Å². The van der Waals surface area contributed by atoms with Gasteiger partial charge in [0.2, 0.25) is 17.1 Å². The third kappa shape index (κ3) is 4.19. The van der Waals surface area contributed by atoms with E-state index in [9.17, 15) is 15.2 Å². The van der Waals surface area contributed by atoms with Gasteiger partial charge in [-0.3, -0.25) is 15.1 Å². The fourth-order valence-electron chi connectivity index (χ4n) is 3.22. The number of hydrogen-bond acceptors (Lipinski definition) is 10. The van der Waals surface area contributed by atoms with Crippen molar-refractivity contribution in [2.75, 3.05) is 17.4 Å². The number of pyridine rings is 1. The van der Waals surface area contributed by atoms with Crippen LogP contribution in [0.3, 0.4) is 0 Å². The number of nitriles is 1. The lowest BCUT2D eigenvalue weighted by Crippen LogP contribution is -2.12. The SMILES string of the molecule is C.N#CC(Nc1nnc(NC(=O)c2ccc3cccnc3c2O)s1)c1ccc2c(c1)OCO2. The van der Waals surface area contributed by atoms with Gasteiger partial charge in [0.05, 0.1) is 11.6 Å². The summed E-state index contributed by atoms with van der Waals surface area (Å²) in [4.78, 5) is 16.8. The summed E-state index contributed by atoms with van der Waals surface area (Å²) in [6.45, 7) is 0.145. The summed E-state index contributed by atoms with van der Waals surface area (Å²) in [6, 6.07) is 13.4. The highest BCUT2D eigenvalue weighted by Crippen LogP contribution is 2.35. The van der Waals surface area contributed by atoms with Gasteiger partial charge in [-0.15, -0.1) is 10.2 Å². The van der Waals surface area contributed by atoms with Crippen LogP contribution in [0.4, 0.5) is 10.3 Å². The number of amides is 1. The van der Waals surface area contributed by atoms with Crippen molar-refractivity contribution >= 4 is 38.4 Å². The Labute approximate surface area is 192 Å². The number of aromatic hydroxyl groups is 1. The third-order valence-electron chi connectivity index (χ3n) is 4.76. The Balaban J connectivity index is 0.00000259. The number of rotatable bonds is 5. The van der Waals surface area contributed by atoms with Gasteiger partial charge in [0.15, 0.2) is 17.2 Å². The molecule has 3 heterocycles. The summed E-state index contributed by atoms with van der Waals surface area (Å²) in [7, 11) is 0. The molecule has 0 radical (unpaired) electrons. The molecule has 0 saturated heterocycles. The second-order valence-electron chi connectivity index (χ2n) is 6.72. The maximum Gasteiger partial charge on any atom is 0.261 e. The molecule has 3 N–H and O–H groups in total. The van der Waals surface area contributed by atoms with Crippen LogP contribution in [0.15, 0.2) is 48.7 Å². The van der Waals surface area contributed by atoms with Crippen LogP contribution in [0.5, 0.6) is 17.2 Å². The summed E-state index contributed by atoms with van der Waals surface area (Å²) < 4.78 is 10.6. The molecule has 166 valence electrons. The van der Waals surface area contributed by atoms with Crippen LogP contribution >= 0.6 is 11.3 Å². The van der Waals surface area contributed by atoms with E-state index in [2.05, 4.69) is 31.9 Å². The topological polar surface area (TPSA) is 142 Å². The largest absolute Gasteiger partial charge is 0.505 e. The summed E-state index contributed by atoms with van der Waals surface area (Å²) in [6.07, 6.45) is 1.54. The van der Waals surface area contributed by atoms with Gasteiger partial charge in [-0.25, -0.2) is 0 Å². The summed E-state index contributed by atoms with van der Waals surface area (Å²) >= 11 is 1.06. The van der Waals surface area contributed by atoms with Crippen molar-refractivity contribution in [1.29, 1.82) is 5.26 Å². The Morgan fingerprint density at radius 2 is 1.97 bits per heavy atom. The molecule has 10 nitrogen and oxygen atoms in total. The minimum Gasteiger partial charge on any atom is -0.505 e. The van der Waals surface area contributed by atoms with E-state index in [1.165, 1.54) is 12.3 Å². The number of carbonyl (C=O) groups is 1. The van der Waals surface area contributed by atoms with Crippen LogP contribution in [-0.2, 0) is 0 Å². The molecular formula is C22H18N6O4S. The number of hydrogen-bond donors (Lipinski definition) is 3. The van der Waals surface area contributed by atoms with Gasteiger partial charge in [0.1, 0.15) is 11.6 Å². The zero-order valence-corrected chi connectivity index (χ0v) is 17.1. The van der Waals surface area contributed by atoms with Gasteiger partial charge < -0.3 is 19.9 Å². The fourth-order valence-corrected chi connectivity index (χ4v) is 3.88. The first-order chi connectivity index (χ1) is 15.6. The first-order valence-corrected chi connectivity index (χ1v) is 10.2. The van der Waals surface area contributed by atoms with E-state index >= 15 is 0 Å². The normalized spacial score (nSPS) is 12.5. The number of anilines is 2. The molecule has 2 aromatic heterocycles. The Kier molecular flexibility index (Phi) is 5.93. The number of nitrogens with zero attached hydrogens (tertiary/aromatic N) is 4.